The van der Waals surface area contributed by atoms with Crippen molar-refractivity contribution in [1.82, 2.24) is 14.9 Å². The van der Waals surface area contributed by atoms with Gasteiger partial charge in [0.25, 0.3) is 0 Å². The highest BCUT2D eigenvalue weighted by atomic mass is 16.4. The number of carboxylic acids is 1. The summed E-state index contributed by atoms with van der Waals surface area (Å²) in [5.74, 6) is -1.33. The molecule has 1 aliphatic rings. The van der Waals surface area contributed by atoms with Crippen LogP contribution in [0.1, 0.15) is 38.5 Å². The zero-order chi connectivity index (χ0) is 14.4. The lowest BCUT2D eigenvalue weighted by Gasteiger charge is -2.22. The number of aliphatic carboxylic acids is 1. The molecule has 0 saturated heterocycles. The van der Waals surface area contributed by atoms with Gasteiger partial charge in [-0.25, -0.2) is 4.98 Å². The second-order valence-electron chi connectivity index (χ2n) is 5.31. The van der Waals surface area contributed by atoms with Gasteiger partial charge in [-0.2, -0.15) is 0 Å². The van der Waals surface area contributed by atoms with Crippen molar-refractivity contribution in [2.45, 2.75) is 51.1 Å². The van der Waals surface area contributed by atoms with Gasteiger partial charge in [-0.05, 0) is 12.8 Å². The third-order valence-electron chi connectivity index (χ3n) is 3.84. The standard InChI is InChI=1S/C14H21N3O3/c18-13(6-8-17-9-7-15-10-17)16-12-5-3-1-2-4-11(12)14(19)20/h7,9-12H,1-6,8H2,(H,16,18)(H,19,20). The lowest BCUT2D eigenvalue weighted by molar-refractivity contribution is -0.143. The van der Waals surface area contributed by atoms with Gasteiger partial charge in [-0.15, -0.1) is 0 Å². The molecule has 2 unspecified atom stereocenters. The highest BCUT2D eigenvalue weighted by molar-refractivity contribution is 5.78. The van der Waals surface area contributed by atoms with E-state index in [1.54, 1.807) is 18.7 Å². The van der Waals surface area contributed by atoms with Gasteiger partial charge in [0.1, 0.15) is 0 Å². The number of nitrogens with zero attached hydrogens (tertiary/aromatic N) is 2. The van der Waals surface area contributed by atoms with Crippen LogP contribution >= 0.6 is 0 Å². The molecule has 1 aliphatic carbocycles. The molecule has 1 saturated carbocycles. The summed E-state index contributed by atoms with van der Waals surface area (Å²) in [4.78, 5) is 27.1. The molecule has 1 aromatic heterocycles. The summed E-state index contributed by atoms with van der Waals surface area (Å²) in [6.45, 7) is 0.566. The van der Waals surface area contributed by atoms with Gasteiger partial charge in [0, 0.05) is 31.4 Å². The SMILES string of the molecule is O=C(CCn1ccnc1)NC1CCCCCC1C(=O)O. The molecule has 0 aliphatic heterocycles. The molecular weight excluding hydrogens is 258 g/mol. The third-order valence-corrected chi connectivity index (χ3v) is 3.84. The van der Waals surface area contributed by atoms with E-state index < -0.39 is 11.9 Å². The molecule has 110 valence electrons. The Balaban J connectivity index is 1.85. The largest absolute Gasteiger partial charge is 0.481 e. The van der Waals surface area contributed by atoms with Crippen molar-refractivity contribution < 1.29 is 14.7 Å². The lowest BCUT2D eigenvalue weighted by Crippen LogP contribution is -2.43. The average molecular weight is 279 g/mol. The molecule has 1 aromatic rings. The first kappa shape index (κ1) is 14.6. The fourth-order valence-corrected chi connectivity index (χ4v) is 2.70. The minimum absolute atomic E-state index is 0.0863. The highest BCUT2D eigenvalue weighted by Crippen LogP contribution is 2.23. The van der Waals surface area contributed by atoms with Crippen LogP contribution in [0.4, 0.5) is 0 Å². The van der Waals surface area contributed by atoms with Crippen molar-refractivity contribution >= 4 is 11.9 Å². The van der Waals surface area contributed by atoms with Crippen molar-refractivity contribution in [3.8, 4) is 0 Å². The first-order valence-electron chi connectivity index (χ1n) is 7.14. The Morgan fingerprint density at radius 1 is 1.30 bits per heavy atom. The molecule has 6 nitrogen and oxygen atoms in total. The third kappa shape index (κ3) is 4.08. The van der Waals surface area contributed by atoms with Crippen LogP contribution in [0.3, 0.4) is 0 Å². The van der Waals surface area contributed by atoms with Crippen LogP contribution in [0.15, 0.2) is 18.7 Å². The van der Waals surface area contributed by atoms with E-state index in [9.17, 15) is 14.7 Å². The summed E-state index contributed by atoms with van der Waals surface area (Å²) in [6, 6.07) is -0.231. The van der Waals surface area contributed by atoms with E-state index in [4.69, 9.17) is 0 Å². The monoisotopic (exact) mass is 279 g/mol. The molecule has 1 amide bonds. The second kappa shape index (κ2) is 7.07. The first-order chi connectivity index (χ1) is 9.66. The van der Waals surface area contributed by atoms with E-state index in [1.165, 1.54) is 0 Å². The van der Waals surface area contributed by atoms with Gasteiger partial charge < -0.3 is 15.0 Å². The topological polar surface area (TPSA) is 84.2 Å². The number of hydrogen-bond donors (Lipinski definition) is 2. The van der Waals surface area contributed by atoms with Crippen LogP contribution in [0.25, 0.3) is 0 Å². The number of aromatic nitrogens is 2. The first-order valence-corrected chi connectivity index (χ1v) is 7.14. The van der Waals surface area contributed by atoms with Crippen LogP contribution < -0.4 is 5.32 Å². The molecule has 2 rings (SSSR count). The van der Waals surface area contributed by atoms with Crippen molar-refractivity contribution in [3.05, 3.63) is 18.7 Å². The van der Waals surface area contributed by atoms with E-state index in [1.807, 2.05) is 4.57 Å². The summed E-state index contributed by atoms with van der Waals surface area (Å²) >= 11 is 0. The Bertz CT molecular complexity index is 445. The van der Waals surface area contributed by atoms with Crippen LogP contribution in [0, 0.1) is 5.92 Å². The Labute approximate surface area is 118 Å². The molecule has 1 heterocycles. The number of carbonyl (C=O) groups excluding carboxylic acids is 1. The van der Waals surface area contributed by atoms with E-state index in [-0.39, 0.29) is 11.9 Å². The number of amides is 1. The van der Waals surface area contributed by atoms with Crippen LogP contribution in [-0.4, -0.2) is 32.6 Å². The van der Waals surface area contributed by atoms with E-state index in [0.29, 0.717) is 19.4 Å². The van der Waals surface area contributed by atoms with Crippen LogP contribution in [0.2, 0.25) is 0 Å². The zero-order valence-corrected chi connectivity index (χ0v) is 11.5. The van der Waals surface area contributed by atoms with Crippen molar-refractivity contribution in [2.75, 3.05) is 0 Å². The number of hydrogen-bond acceptors (Lipinski definition) is 3. The minimum atomic E-state index is -0.799. The molecule has 20 heavy (non-hydrogen) atoms. The Kier molecular flexibility index (Phi) is 5.15. The zero-order valence-electron chi connectivity index (χ0n) is 11.5. The Morgan fingerprint density at radius 2 is 2.10 bits per heavy atom. The lowest BCUT2D eigenvalue weighted by atomic mass is 9.95. The maximum Gasteiger partial charge on any atom is 0.308 e. The minimum Gasteiger partial charge on any atom is -0.481 e. The molecule has 2 atom stereocenters. The van der Waals surface area contributed by atoms with Gasteiger partial charge in [0.15, 0.2) is 0 Å². The number of carboxylic acid groups (broad SMARTS) is 1. The summed E-state index contributed by atoms with van der Waals surface area (Å²) < 4.78 is 1.83. The quantitative estimate of drug-likeness (QED) is 0.798. The number of aryl methyl sites for hydroxylation is 1. The molecule has 0 radical (unpaired) electrons. The molecular formula is C14H21N3O3. The predicted molar refractivity (Wildman–Crippen MR) is 73.0 cm³/mol. The fourth-order valence-electron chi connectivity index (χ4n) is 2.70. The predicted octanol–water partition coefficient (Wildman–Crippen LogP) is 1.42. The maximum atomic E-state index is 11.9. The highest BCUT2D eigenvalue weighted by Gasteiger charge is 2.30. The van der Waals surface area contributed by atoms with Gasteiger partial charge >= 0.3 is 5.97 Å². The van der Waals surface area contributed by atoms with Gasteiger partial charge in [0.05, 0.1) is 12.2 Å². The van der Waals surface area contributed by atoms with E-state index >= 15 is 0 Å². The van der Waals surface area contributed by atoms with Crippen LogP contribution in [0.5, 0.6) is 0 Å². The normalized spacial score (nSPS) is 23.0. The van der Waals surface area contributed by atoms with E-state index in [0.717, 1.165) is 25.7 Å². The molecule has 0 bridgehead atoms. The molecule has 6 heteroatoms. The van der Waals surface area contributed by atoms with Crippen molar-refractivity contribution in [3.63, 3.8) is 0 Å². The van der Waals surface area contributed by atoms with Gasteiger partial charge in [0.2, 0.25) is 5.91 Å². The number of imidazole rings is 1. The fraction of sp³-hybridized carbons (Fsp3) is 0.643. The van der Waals surface area contributed by atoms with Crippen molar-refractivity contribution in [1.29, 1.82) is 0 Å². The second-order valence-corrected chi connectivity index (χ2v) is 5.31. The average Bonchev–Trinajstić information content (AvgIpc) is 2.82. The number of carbonyl (C=O) groups is 2. The van der Waals surface area contributed by atoms with Crippen LogP contribution in [-0.2, 0) is 16.1 Å². The number of rotatable bonds is 5. The summed E-state index contributed by atoms with van der Waals surface area (Å²) in [6.07, 6.45) is 9.86. The van der Waals surface area contributed by atoms with Gasteiger partial charge in [-0.1, -0.05) is 19.3 Å². The molecule has 2 N–H and O–H groups in total. The van der Waals surface area contributed by atoms with Crippen molar-refractivity contribution in [2.24, 2.45) is 5.92 Å². The molecule has 0 aromatic carbocycles. The smallest absolute Gasteiger partial charge is 0.308 e. The Morgan fingerprint density at radius 3 is 2.80 bits per heavy atom. The molecule has 0 spiro atoms. The Hall–Kier alpha value is -1.85. The van der Waals surface area contributed by atoms with E-state index in [2.05, 4.69) is 10.3 Å². The summed E-state index contributed by atoms with van der Waals surface area (Å²) in [5, 5.41) is 12.2. The summed E-state index contributed by atoms with van der Waals surface area (Å²) in [7, 11) is 0. The van der Waals surface area contributed by atoms with Gasteiger partial charge in [-0.3, -0.25) is 9.59 Å². The maximum absolute atomic E-state index is 11.9. The summed E-state index contributed by atoms with van der Waals surface area (Å²) in [5.41, 5.74) is 0. The molecule has 1 fully saturated rings. The number of nitrogens with one attached hydrogen (secondary N) is 1.